The number of nitrogens with zero attached hydrogens (tertiary/aromatic N) is 5. The van der Waals surface area contributed by atoms with Crippen molar-refractivity contribution >= 4 is 66.5 Å². The van der Waals surface area contributed by atoms with Crippen LogP contribution >= 0.6 is 11.8 Å². The molecule has 0 unspecified atom stereocenters. The molecule has 7 heteroatoms. The lowest BCUT2D eigenvalue weighted by Crippen LogP contribution is -2.05. The summed E-state index contributed by atoms with van der Waals surface area (Å²) in [4.78, 5) is 17.9. The third kappa shape index (κ3) is 4.99. The molecule has 1 aliphatic heterocycles. The maximum Gasteiger partial charge on any atom is 0.164 e. The van der Waals surface area contributed by atoms with Crippen molar-refractivity contribution in [2.24, 2.45) is 0 Å². The van der Waals surface area contributed by atoms with Crippen molar-refractivity contribution in [3.8, 4) is 56.7 Å². The van der Waals surface area contributed by atoms with E-state index < -0.39 is 0 Å². The Kier molecular flexibility index (Phi) is 7.14. The molecule has 8 aromatic carbocycles. The second-order valence-corrected chi connectivity index (χ2v) is 16.3. The van der Waals surface area contributed by atoms with E-state index in [0.717, 1.165) is 66.6 Å². The van der Waals surface area contributed by atoms with Gasteiger partial charge >= 0.3 is 0 Å². The molecule has 0 bridgehead atoms. The summed E-state index contributed by atoms with van der Waals surface area (Å²) >= 11 is 1.84. The molecule has 280 valence electrons. The van der Waals surface area contributed by atoms with Crippen LogP contribution in [0.5, 0.6) is 0 Å². The summed E-state index contributed by atoms with van der Waals surface area (Å²) in [5.41, 5.74) is 12.5. The first-order valence-electron chi connectivity index (χ1n) is 20.0. The first-order valence-corrected chi connectivity index (χ1v) is 20.8. The molecule has 0 fully saturated rings. The molecule has 0 N–H and O–H groups in total. The third-order valence-corrected chi connectivity index (χ3v) is 12.9. The summed E-state index contributed by atoms with van der Waals surface area (Å²) in [6.45, 7) is 0. The van der Waals surface area contributed by atoms with Gasteiger partial charge in [-0.2, -0.15) is 0 Å². The van der Waals surface area contributed by atoms with E-state index in [1.54, 1.807) is 0 Å². The lowest BCUT2D eigenvalue weighted by molar-refractivity contribution is 0.669. The fourth-order valence-electron chi connectivity index (χ4n) is 9.02. The molecular formula is C53H31N5OS. The summed E-state index contributed by atoms with van der Waals surface area (Å²) in [5, 5.41) is 5.89. The zero-order valence-electron chi connectivity index (χ0n) is 32.0. The highest BCUT2D eigenvalue weighted by Gasteiger charge is 2.28. The minimum Gasteiger partial charge on any atom is -0.456 e. The van der Waals surface area contributed by atoms with E-state index in [0.29, 0.717) is 17.5 Å². The first kappa shape index (κ1) is 33.3. The lowest BCUT2D eigenvalue weighted by atomic mass is 10.0. The summed E-state index contributed by atoms with van der Waals surface area (Å²) in [7, 11) is 0. The van der Waals surface area contributed by atoms with Gasteiger partial charge in [0.05, 0.1) is 16.7 Å². The average molecular weight is 786 g/mol. The topological polar surface area (TPSA) is 61.7 Å². The molecule has 12 aromatic rings. The van der Waals surface area contributed by atoms with Gasteiger partial charge in [-0.1, -0.05) is 145 Å². The van der Waals surface area contributed by atoms with Crippen molar-refractivity contribution in [2.75, 3.05) is 0 Å². The molecule has 6 nitrogen and oxygen atoms in total. The highest BCUT2D eigenvalue weighted by molar-refractivity contribution is 7.99. The summed E-state index contributed by atoms with van der Waals surface area (Å²) < 4.78 is 11.1. The van der Waals surface area contributed by atoms with Crippen molar-refractivity contribution in [3.63, 3.8) is 0 Å². The van der Waals surface area contributed by atoms with Crippen LogP contribution in [0.3, 0.4) is 0 Å². The van der Waals surface area contributed by atoms with Crippen LogP contribution < -0.4 is 0 Å². The minimum atomic E-state index is 0.614. The Hall–Kier alpha value is -7.74. The number of benzene rings is 8. The van der Waals surface area contributed by atoms with Crippen LogP contribution in [-0.4, -0.2) is 24.1 Å². The Morgan fingerprint density at radius 1 is 0.400 bits per heavy atom. The predicted octanol–water partition coefficient (Wildman–Crippen LogP) is 13.9. The molecule has 0 saturated heterocycles. The van der Waals surface area contributed by atoms with Gasteiger partial charge < -0.3 is 4.42 Å². The van der Waals surface area contributed by atoms with Crippen molar-refractivity contribution in [3.05, 3.63) is 188 Å². The largest absolute Gasteiger partial charge is 0.456 e. The van der Waals surface area contributed by atoms with Gasteiger partial charge in [0.25, 0.3) is 0 Å². The standard InChI is InChI=1S/C53H31N5OS/c1-3-12-33(13-4-1)50-54-51(34-24-22-32(23-25-34)35-26-28-39-38-16-7-9-19-44(38)59-45(39)31-35)56-52(55-50)36-27-29-40-43(30-36)57(37-14-5-2-6-15-37)53-48(40)41-17-11-21-47-49(41)58(53)42-18-8-10-20-46(42)60-47/h1-31H. The van der Waals surface area contributed by atoms with Crippen molar-refractivity contribution < 1.29 is 4.42 Å². The van der Waals surface area contributed by atoms with E-state index in [9.17, 15) is 0 Å². The van der Waals surface area contributed by atoms with Gasteiger partial charge in [-0.05, 0) is 65.7 Å². The Balaban J connectivity index is 0.990. The van der Waals surface area contributed by atoms with Gasteiger partial charge in [0.2, 0.25) is 0 Å². The molecule has 1 aliphatic rings. The number of hydrogen-bond donors (Lipinski definition) is 0. The quantitative estimate of drug-likeness (QED) is 0.174. The zero-order valence-corrected chi connectivity index (χ0v) is 32.8. The Morgan fingerprint density at radius 2 is 1.00 bits per heavy atom. The fraction of sp³-hybridized carbons (Fsp3) is 0. The van der Waals surface area contributed by atoms with Crippen molar-refractivity contribution in [1.29, 1.82) is 0 Å². The van der Waals surface area contributed by atoms with Crippen LogP contribution in [0.4, 0.5) is 0 Å². The Labute approximate surface area is 348 Å². The smallest absolute Gasteiger partial charge is 0.164 e. The monoisotopic (exact) mass is 785 g/mol. The number of aromatic nitrogens is 5. The molecule has 4 aromatic heterocycles. The van der Waals surface area contributed by atoms with Gasteiger partial charge in [0.15, 0.2) is 17.5 Å². The molecule has 0 spiro atoms. The second kappa shape index (κ2) is 12.9. The van der Waals surface area contributed by atoms with Crippen LogP contribution in [0.1, 0.15) is 0 Å². The van der Waals surface area contributed by atoms with Crippen molar-refractivity contribution in [1.82, 2.24) is 24.1 Å². The third-order valence-electron chi connectivity index (χ3n) is 11.8. The molecule has 60 heavy (non-hydrogen) atoms. The van der Waals surface area contributed by atoms with E-state index in [1.807, 2.05) is 48.2 Å². The van der Waals surface area contributed by atoms with Crippen LogP contribution in [0.2, 0.25) is 0 Å². The van der Waals surface area contributed by atoms with Gasteiger partial charge in [0, 0.05) is 59.1 Å². The number of hydrogen-bond acceptors (Lipinski definition) is 5. The predicted molar refractivity (Wildman–Crippen MR) is 244 cm³/mol. The molecule has 5 heterocycles. The van der Waals surface area contributed by atoms with Crippen LogP contribution in [0.25, 0.3) is 111 Å². The molecule has 0 saturated carbocycles. The van der Waals surface area contributed by atoms with E-state index in [1.165, 1.54) is 37.2 Å². The van der Waals surface area contributed by atoms with Gasteiger partial charge in [0.1, 0.15) is 16.8 Å². The molecular weight excluding hydrogens is 755 g/mol. The van der Waals surface area contributed by atoms with E-state index >= 15 is 0 Å². The number of para-hydroxylation sites is 4. The molecule has 0 amide bonds. The van der Waals surface area contributed by atoms with Crippen molar-refractivity contribution in [2.45, 2.75) is 9.79 Å². The number of rotatable bonds is 5. The number of furan rings is 1. The van der Waals surface area contributed by atoms with Crippen LogP contribution in [0, 0.1) is 0 Å². The summed E-state index contributed by atoms with van der Waals surface area (Å²) in [6, 6.07) is 66.0. The summed E-state index contributed by atoms with van der Waals surface area (Å²) in [5.74, 6) is 1.85. The lowest BCUT2D eigenvalue weighted by Gasteiger charge is -2.21. The SMILES string of the molecule is c1ccc(-c2nc(-c3ccc(-c4ccc5c(c4)oc4ccccc45)cc3)nc(-c3ccc4c5c6cccc7c6n(c5n(-c5ccccc5)c4c3)-c3ccccc3S7)n2)cc1. The van der Waals surface area contributed by atoms with Crippen LogP contribution in [0.15, 0.2) is 202 Å². The average Bonchev–Trinajstić information content (AvgIpc) is 3.97. The van der Waals surface area contributed by atoms with E-state index in [-0.39, 0.29) is 0 Å². The normalized spacial score (nSPS) is 12.3. The number of fused-ring (bicyclic) bond motifs is 10. The van der Waals surface area contributed by atoms with E-state index in [2.05, 4.69) is 161 Å². The first-order chi connectivity index (χ1) is 29.7. The highest BCUT2D eigenvalue weighted by Crippen LogP contribution is 2.49. The van der Waals surface area contributed by atoms with Gasteiger partial charge in [-0.15, -0.1) is 0 Å². The Bertz CT molecular complexity index is 3680. The van der Waals surface area contributed by atoms with Gasteiger partial charge in [-0.3, -0.25) is 9.13 Å². The Morgan fingerprint density at radius 3 is 1.83 bits per heavy atom. The fourth-order valence-corrected chi connectivity index (χ4v) is 10.1. The summed E-state index contributed by atoms with van der Waals surface area (Å²) in [6.07, 6.45) is 0. The van der Waals surface area contributed by atoms with Crippen LogP contribution in [-0.2, 0) is 0 Å². The minimum absolute atomic E-state index is 0.614. The molecule has 0 atom stereocenters. The maximum absolute atomic E-state index is 6.21. The highest BCUT2D eigenvalue weighted by atomic mass is 32.2. The molecule has 0 aliphatic carbocycles. The van der Waals surface area contributed by atoms with E-state index in [4.69, 9.17) is 19.4 Å². The second-order valence-electron chi connectivity index (χ2n) is 15.2. The zero-order chi connectivity index (χ0) is 39.3. The molecule has 0 radical (unpaired) electrons. The molecule has 13 rings (SSSR count). The van der Waals surface area contributed by atoms with Gasteiger partial charge in [-0.25, -0.2) is 15.0 Å². The maximum atomic E-state index is 6.21.